The van der Waals surface area contributed by atoms with Crippen LogP contribution in [0.5, 0.6) is 0 Å². The molecule has 0 bridgehead atoms. The van der Waals surface area contributed by atoms with Crippen LogP contribution in [0.1, 0.15) is 136 Å². The van der Waals surface area contributed by atoms with E-state index in [0.717, 1.165) is 77.0 Å². The molecule has 446 valence electrons. The summed E-state index contributed by atoms with van der Waals surface area (Å²) in [4.78, 5) is 13.3. The van der Waals surface area contributed by atoms with Crippen molar-refractivity contribution in [3.05, 3.63) is 97.2 Å². The van der Waals surface area contributed by atoms with Gasteiger partial charge >= 0.3 is 0 Å². The van der Waals surface area contributed by atoms with Gasteiger partial charge in [0, 0.05) is 6.42 Å². The van der Waals surface area contributed by atoms with Crippen LogP contribution in [-0.4, -0.2) is 193 Å². The molecule has 0 aromatic rings. The third-order valence-corrected chi connectivity index (χ3v) is 13.6. The lowest BCUT2D eigenvalue weighted by molar-refractivity contribution is -0.379. The molecule has 0 aliphatic carbocycles. The van der Waals surface area contributed by atoms with Gasteiger partial charge in [0.15, 0.2) is 18.9 Å². The molecule has 3 aliphatic rings. The van der Waals surface area contributed by atoms with E-state index in [1.165, 1.54) is 25.7 Å². The molecule has 3 saturated heterocycles. The van der Waals surface area contributed by atoms with E-state index in [2.05, 4.69) is 104 Å². The number of allylic oxidation sites excluding steroid dienone is 15. The maximum Gasteiger partial charge on any atom is 0.220 e. The maximum atomic E-state index is 13.3. The van der Waals surface area contributed by atoms with Crippen LogP contribution in [0, 0.1) is 0 Å². The van der Waals surface area contributed by atoms with Crippen molar-refractivity contribution in [2.75, 3.05) is 26.4 Å². The highest BCUT2D eigenvalue weighted by Gasteiger charge is 2.53. The van der Waals surface area contributed by atoms with Crippen LogP contribution in [0.4, 0.5) is 0 Å². The van der Waals surface area contributed by atoms with Crippen molar-refractivity contribution in [1.82, 2.24) is 5.32 Å². The first-order valence-electron chi connectivity index (χ1n) is 28.5. The molecule has 19 heteroatoms. The summed E-state index contributed by atoms with van der Waals surface area (Å²) >= 11 is 0. The fourth-order valence-electron chi connectivity index (χ4n) is 8.89. The molecule has 1 amide bonds. The van der Waals surface area contributed by atoms with Gasteiger partial charge in [-0.2, -0.15) is 0 Å². The number of aliphatic hydroxyl groups is 11. The van der Waals surface area contributed by atoms with Gasteiger partial charge in [-0.1, -0.05) is 137 Å². The van der Waals surface area contributed by atoms with Crippen molar-refractivity contribution in [3.63, 3.8) is 0 Å². The highest BCUT2D eigenvalue weighted by atomic mass is 16.8. The Kier molecular flexibility index (Phi) is 36.8. The first-order valence-corrected chi connectivity index (χ1v) is 28.5. The number of carbonyl (C=O) groups excluding carboxylic acids is 1. The van der Waals surface area contributed by atoms with Crippen molar-refractivity contribution in [3.8, 4) is 0 Å². The second kappa shape index (κ2) is 41.7. The first kappa shape index (κ1) is 69.0. The molecule has 3 rings (SSSR count). The molecule has 17 atom stereocenters. The zero-order valence-electron chi connectivity index (χ0n) is 46.1. The van der Waals surface area contributed by atoms with Crippen LogP contribution in [0.15, 0.2) is 97.2 Å². The molecule has 12 N–H and O–H groups in total. The molecule has 0 radical (unpaired) electrons. The van der Waals surface area contributed by atoms with Gasteiger partial charge in [-0.25, -0.2) is 0 Å². The predicted octanol–water partition coefficient (Wildman–Crippen LogP) is 4.20. The number of aliphatic hydroxyl groups excluding tert-OH is 11. The summed E-state index contributed by atoms with van der Waals surface area (Å²) < 4.78 is 34.1. The van der Waals surface area contributed by atoms with E-state index in [9.17, 15) is 61.0 Å². The third kappa shape index (κ3) is 25.7. The highest BCUT2D eigenvalue weighted by Crippen LogP contribution is 2.33. The van der Waals surface area contributed by atoms with Crippen molar-refractivity contribution in [1.29, 1.82) is 0 Å². The predicted molar refractivity (Wildman–Crippen MR) is 295 cm³/mol. The normalized spacial score (nSPS) is 31.2. The lowest BCUT2D eigenvalue weighted by Gasteiger charge is -2.48. The molecule has 3 heterocycles. The van der Waals surface area contributed by atoms with Crippen LogP contribution in [0.25, 0.3) is 0 Å². The van der Waals surface area contributed by atoms with E-state index in [0.29, 0.717) is 12.8 Å². The smallest absolute Gasteiger partial charge is 0.220 e. The zero-order chi connectivity index (χ0) is 56.9. The number of unbranched alkanes of at least 4 members (excludes halogenated alkanes) is 9. The van der Waals surface area contributed by atoms with Gasteiger partial charge in [0.05, 0.1) is 38.6 Å². The zero-order valence-corrected chi connectivity index (χ0v) is 46.1. The van der Waals surface area contributed by atoms with E-state index in [4.69, 9.17) is 28.4 Å². The van der Waals surface area contributed by atoms with Crippen molar-refractivity contribution in [2.24, 2.45) is 0 Å². The van der Waals surface area contributed by atoms with Crippen LogP contribution in [-0.2, 0) is 33.2 Å². The number of rotatable bonds is 39. The minimum Gasteiger partial charge on any atom is -0.394 e. The Morgan fingerprint density at radius 3 is 1.41 bits per heavy atom. The van der Waals surface area contributed by atoms with Crippen LogP contribution in [0.2, 0.25) is 0 Å². The number of hydrogen-bond acceptors (Lipinski definition) is 18. The van der Waals surface area contributed by atoms with Gasteiger partial charge in [-0.3, -0.25) is 4.79 Å². The fraction of sp³-hybridized carbons (Fsp3) is 0.712. The largest absolute Gasteiger partial charge is 0.394 e. The number of amides is 1. The molecule has 0 spiro atoms. The lowest BCUT2D eigenvalue weighted by atomic mass is 9.96. The Morgan fingerprint density at radius 1 is 0.474 bits per heavy atom. The minimum absolute atomic E-state index is 0.186. The Morgan fingerprint density at radius 2 is 0.897 bits per heavy atom. The summed E-state index contributed by atoms with van der Waals surface area (Å²) in [6, 6.07) is -1.02. The molecular formula is C59H97NO18. The average molecular weight is 1110 g/mol. The third-order valence-electron chi connectivity index (χ3n) is 13.6. The second-order valence-corrected chi connectivity index (χ2v) is 20.0. The molecule has 0 aromatic heterocycles. The summed E-state index contributed by atoms with van der Waals surface area (Å²) in [5.74, 6) is -0.328. The van der Waals surface area contributed by atoms with Gasteiger partial charge in [0.25, 0.3) is 0 Å². The lowest BCUT2D eigenvalue weighted by Crippen LogP contribution is -2.66. The van der Waals surface area contributed by atoms with Crippen molar-refractivity contribution < 1.29 is 89.4 Å². The maximum absolute atomic E-state index is 13.3. The summed E-state index contributed by atoms with van der Waals surface area (Å²) in [5, 5.41) is 120. The van der Waals surface area contributed by atoms with Crippen molar-refractivity contribution in [2.45, 2.75) is 240 Å². The molecule has 17 unspecified atom stereocenters. The number of hydrogen-bond donors (Lipinski definition) is 12. The van der Waals surface area contributed by atoms with Gasteiger partial charge in [-0.05, 0) is 89.9 Å². The molecule has 3 fully saturated rings. The summed E-state index contributed by atoms with van der Waals surface area (Å²) in [5.41, 5.74) is 0. The average Bonchev–Trinajstić information content (AvgIpc) is 3.45. The van der Waals surface area contributed by atoms with Gasteiger partial charge < -0.3 is 89.9 Å². The quantitative estimate of drug-likeness (QED) is 0.0303. The molecule has 3 aliphatic heterocycles. The Bertz CT molecular complexity index is 1800. The standard InChI is InChI=1S/C59H97NO18/c1-3-5-7-9-11-13-15-17-19-20-21-22-23-25-27-29-31-33-35-37-47(65)60-42(43(64)36-34-32-30-28-26-24-18-16-14-12-10-8-6-4-2)41-73-57-53(71)50(68)55(45(39-62)75-57)78-59-54(72)51(69)56(46(40-63)76-59)77-58-52(70)49(67)48(66)44(38-61)74-58/h5,7,11,13-14,16-17,19,21-22,25-28,34,36,42-46,48-59,61-64,66-72H,3-4,6,8-10,12,15,18,20,23-24,29-33,35,37-41H2,1-2H3,(H,60,65)/b7-5-,13-11-,16-14+,19-17-,22-21-,27-25-,28-26+,36-34+. The van der Waals surface area contributed by atoms with E-state index < -0.39 is 131 Å². The minimum atomic E-state index is -1.99. The summed E-state index contributed by atoms with van der Waals surface area (Å²) in [7, 11) is 0. The van der Waals surface area contributed by atoms with Crippen LogP contribution >= 0.6 is 0 Å². The number of ether oxygens (including phenoxy) is 6. The molecular weight excluding hydrogens is 1010 g/mol. The highest BCUT2D eigenvalue weighted by molar-refractivity contribution is 5.76. The van der Waals surface area contributed by atoms with E-state index in [-0.39, 0.29) is 12.3 Å². The molecule has 0 aromatic carbocycles. The molecule has 78 heavy (non-hydrogen) atoms. The Hall–Kier alpha value is -3.29. The topological polar surface area (TPSA) is 307 Å². The fourth-order valence-corrected chi connectivity index (χ4v) is 8.89. The van der Waals surface area contributed by atoms with E-state index >= 15 is 0 Å². The van der Waals surface area contributed by atoms with Gasteiger partial charge in [0.2, 0.25) is 5.91 Å². The van der Waals surface area contributed by atoms with Crippen molar-refractivity contribution >= 4 is 5.91 Å². The monoisotopic (exact) mass is 1110 g/mol. The summed E-state index contributed by atoms with van der Waals surface area (Å²) in [6.07, 6.45) is 23.9. The van der Waals surface area contributed by atoms with Gasteiger partial charge in [0.1, 0.15) is 73.2 Å². The first-order chi connectivity index (χ1) is 37.8. The van der Waals surface area contributed by atoms with E-state index in [1.807, 2.05) is 6.08 Å². The van der Waals surface area contributed by atoms with Gasteiger partial charge in [-0.15, -0.1) is 0 Å². The molecule has 0 saturated carbocycles. The summed E-state index contributed by atoms with van der Waals surface area (Å²) in [6.45, 7) is 1.49. The Balaban J connectivity index is 1.55. The van der Waals surface area contributed by atoms with Crippen LogP contribution in [0.3, 0.4) is 0 Å². The SMILES string of the molecule is CC/C=C\C/C=C\C/C=C\C/C=C\C/C=C\CCCCCC(=O)NC(COC1OC(CO)C(OC2OC(CO)C(OC3OC(CO)C(O)C(O)C3O)C(O)C2O)C(O)C1O)C(O)/C=C/CC/C=C/CC/C=C/CCCCCC. The van der Waals surface area contributed by atoms with E-state index in [1.54, 1.807) is 6.08 Å². The second-order valence-electron chi connectivity index (χ2n) is 20.0. The number of nitrogens with one attached hydrogen (secondary N) is 1. The molecule has 19 nitrogen and oxygen atoms in total. The Labute approximate surface area is 463 Å². The van der Waals surface area contributed by atoms with Crippen LogP contribution < -0.4 is 5.32 Å². The number of carbonyl (C=O) groups is 1.